The quantitative estimate of drug-likeness (QED) is 0.791. The first-order valence-corrected chi connectivity index (χ1v) is 8.09. The number of hydrogen-bond donors (Lipinski definition) is 0. The van der Waals surface area contributed by atoms with Crippen molar-refractivity contribution in [2.45, 2.75) is 43.0 Å². The van der Waals surface area contributed by atoms with Gasteiger partial charge in [0.1, 0.15) is 0 Å². The van der Waals surface area contributed by atoms with E-state index in [-0.39, 0.29) is 23.0 Å². The van der Waals surface area contributed by atoms with Crippen molar-refractivity contribution in [1.29, 1.82) is 0 Å². The Hall–Kier alpha value is -1.48. The summed E-state index contributed by atoms with van der Waals surface area (Å²) in [6.07, 6.45) is 3.48. The second-order valence-electron chi connectivity index (χ2n) is 5.64. The fourth-order valence-electron chi connectivity index (χ4n) is 2.86. The molecule has 23 heavy (non-hydrogen) atoms. The van der Waals surface area contributed by atoms with Gasteiger partial charge >= 0.3 is 5.51 Å². The highest BCUT2D eigenvalue weighted by Crippen LogP contribution is 2.37. The summed E-state index contributed by atoms with van der Waals surface area (Å²) in [5.41, 5.74) is -2.75. The van der Waals surface area contributed by atoms with Gasteiger partial charge in [-0.2, -0.15) is 13.2 Å². The molecule has 2 aromatic rings. The maximum Gasteiger partial charge on any atom is 0.449 e. The minimum Gasteiger partial charge on any atom is -0.359 e. The van der Waals surface area contributed by atoms with Crippen LogP contribution in [-0.4, -0.2) is 31.7 Å². The van der Waals surface area contributed by atoms with E-state index in [9.17, 15) is 13.2 Å². The van der Waals surface area contributed by atoms with Gasteiger partial charge in [0.25, 0.3) is 0 Å². The number of rotatable bonds is 4. The maximum atomic E-state index is 12.5. The Bertz CT molecular complexity index is 682. The summed E-state index contributed by atoms with van der Waals surface area (Å²) in [6.45, 7) is 3.28. The first-order chi connectivity index (χ1) is 10.8. The number of likely N-dealkylation sites (tertiary alicyclic amines) is 1. The van der Waals surface area contributed by atoms with Crippen LogP contribution in [0.15, 0.2) is 21.9 Å². The first kappa shape index (κ1) is 16.4. The van der Waals surface area contributed by atoms with Gasteiger partial charge in [-0.05, 0) is 26.3 Å². The minimum atomic E-state index is -4.33. The number of alkyl halides is 3. The van der Waals surface area contributed by atoms with Crippen LogP contribution in [-0.2, 0) is 13.6 Å². The number of nitrogens with zero attached hydrogens (tertiary/aromatic N) is 4. The van der Waals surface area contributed by atoms with E-state index in [1.165, 1.54) is 10.8 Å². The molecule has 0 spiro atoms. The average molecular weight is 346 g/mol. The van der Waals surface area contributed by atoms with E-state index in [1.54, 1.807) is 7.05 Å². The molecule has 126 valence electrons. The SMILES string of the molecule is Cc1cc(C2CCCN2Cc2cnc(SC(F)(F)F)n2C)on1. The molecule has 0 aromatic carbocycles. The zero-order valence-corrected chi connectivity index (χ0v) is 13.6. The highest BCUT2D eigenvalue weighted by molar-refractivity contribution is 8.00. The molecule has 3 heterocycles. The topological polar surface area (TPSA) is 47.1 Å². The Labute approximate surface area is 135 Å². The molecule has 1 saturated heterocycles. The molecule has 9 heteroatoms. The molecule has 1 aliphatic rings. The molecular formula is C14H17F3N4OS. The second-order valence-corrected chi connectivity index (χ2v) is 6.67. The number of halogens is 3. The highest BCUT2D eigenvalue weighted by atomic mass is 32.2. The van der Waals surface area contributed by atoms with Crippen LogP contribution in [0.4, 0.5) is 13.2 Å². The van der Waals surface area contributed by atoms with Gasteiger partial charge in [0.05, 0.1) is 23.6 Å². The molecule has 3 rings (SSSR count). The molecule has 0 N–H and O–H groups in total. The third kappa shape index (κ3) is 3.72. The molecule has 1 aliphatic heterocycles. The Kier molecular flexibility index (Phi) is 4.41. The zero-order valence-electron chi connectivity index (χ0n) is 12.8. The van der Waals surface area contributed by atoms with E-state index in [1.807, 2.05) is 13.0 Å². The maximum absolute atomic E-state index is 12.5. The third-order valence-corrected chi connectivity index (χ3v) is 4.75. The molecule has 0 saturated carbocycles. The van der Waals surface area contributed by atoms with Gasteiger partial charge in [-0.1, -0.05) is 5.16 Å². The van der Waals surface area contributed by atoms with Crippen LogP contribution >= 0.6 is 11.8 Å². The summed E-state index contributed by atoms with van der Waals surface area (Å²) in [6, 6.07) is 2.03. The predicted octanol–water partition coefficient (Wildman–Crippen LogP) is 3.67. The number of thioether (sulfide) groups is 1. The second kappa shape index (κ2) is 6.20. The summed E-state index contributed by atoms with van der Waals surface area (Å²) in [7, 11) is 1.61. The molecule has 0 bridgehead atoms. The molecule has 0 amide bonds. The van der Waals surface area contributed by atoms with E-state index in [0.717, 1.165) is 36.5 Å². The van der Waals surface area contributed by atoms with Crippen LogP contribution in [0.25, 0.3) is 0 Å². The number of aryl methyl sites for hydroxylation is 1. The van der Waals surface area contributed by atoms with Crippen LogP contribution < -0.4 is 0 Å². The Morgan fingerprint density at radius 3 is 2.87 bits per heavy atom. The van der Waals surface area contributed by atoms with Crippen molar-refractivity contribution in [3.05, 3.63) is 29.4 Å². The van der Waals surface area contributed by atoms with E-state index in [0.29, 0.717) is 6.54 Å². The summed E-state index contributed by atoms with van der Waals surface area (Å²) in [5.74, 6) is 0.812. The Morgan fingerprint density at radius 2 is 2.22 bits per heavy atom. The fourth-order valence-corrected chi connectivity index (χ4v) is 3.42. The average Bonchev–Trinajstić information content (AvgIpc) is 3.14. The number of imidazole rings is 1. The van der Waals surface area contributed by atoms with Gasteiger partial charge in [0, 0.05) is 31.4 Å². The monoisotopic (exact) mass is 346 g/mol. The number of aromatic nitrogens is 3. The van der Waals surface area contributed by atoms with Gasteiger partial charge in [0.2, 0.25) is 0 Å². The largest absolute Gasteiger partial charge is 0.449 e. The summed E-state index contributed by atoms with van der Waals surface area (Å²) in [5, 5.41) is 3.87. The van der Waals surface area contributed by atoms with Crippen molar-refractivity contribution in [2.75, 3.05) is 6.54 Å². The lowest BCUT2D eigenvalue weighted by Gasteiger charge is -2.22. The summed E-state index contributed by atoms with van der Waals surface area (Å²) >= 11 is -0.189. The van der Waals surface area contributed by atoms with Crippen molar-refractivity contribution < 1.29 is 17.7 Å². The normalized spacial score (nSPS) is 19.6. The molecule has 0 radical (unpaired) electrons. The zero-order chi connectivity index (χ0) is 16.6. The smallest absolute Gasteiger partial charge is 0.359 e. The van der Waals surface area contributed by atoms with E-state index < -0.39 is 5.51 Å². The number of hydrogen-bond acceptors (Lipinski definition) is 5. The van der Waals surface area contributed by atoms with Crippen molar-refractivity contribution >= 4 is 11.8 Å². The molecule has 1 atom stereocenters. The molecule has 2 aromatic heterocycles. The highest BCUT2D eigenvalue weighted by Gasteiger charge is 2.33. The Morgan fingerprint density at radius 1 is 1.43 bits per heavy atom. The third-order valence-electron chi connectivity index (χ3n) is 3.95. The lowest BCUT2D eigenvalue weighted by molar-refractivity contribution is -0.0332. The van der Waals surface area contributed by atoms with Crippen LogP contribution in [0.3, 0.4) is 0 Å². The van der Waals surface area contributed by atoms with Crippen LogP contribution in [0, 0.1) is 6.92 Å². The van der Waals surface area contributed by atoms with Crippen molar-refractivity contribution in [2.24, 2.45) is 7.05 Å². The molecule has 5 nitrogen and oxygen atoms in total. The van der Waals surface area contributed by atoms with Crippen molar-refractivity contribution in [1.82, 2.24) is 19.6 Å². The van der Waals surface area contributed by atoms with Crippen LogP contribution in [0.1, 0.15) is 36.0 Å². The minimum absolute atomic E-state index is 0.0428. The van der Waals surface area contributed by atoms with Crippen LogP contribution in [0.2, 0.25) is 0 Å². The molecule has 0 aliphatic carbocycles. The summed E-state index contributed by atoms with van der Waals surface area (Å²) < 4.78 is 44.4. The van der Waals surface area contributed by atoms with Crippen molar-refractivity contribution in [3.8, 4) is 0 Å². The van der Waals surface area contributed by atoms with Gasteiger partial charge in [-0.25, -0.2) is 4.98 Å². The van der Waals surface area contributed by atoms with Crippen LogP contribution in [0.5, 0.6) is 0 Å². The fraction of sp³-hybridized carbons (Fsp3) is 0.571. The van der Waals surface area contributed by atoms with E-state index in [2.05, 4.69) is 15.0 Å². The van der Waals surface area contributed by atoms with E-state index in [4.69, 9.17) is 4.52 Å². The van der Waals surface area contributed by atoms with Gasteiger partial charge in [0.15, 0.2) is 10.9 Å². The van der Waals surface area contributed by atoms with E-state index >= 15 is 0 Å². The predicted molar refractivity (Wildman–Crippen MR) is 78.7 cm³/mol. The lowest BCUT2D eigenvalue weighted by atomic mass is 10.1. The van der Waals surface area contributed by atoms with Gasteiger partial charge < -0.3 is 9.09 Å². The first-order valence-electron chi connectivity index (χ1n) is 7.27. The molecule has 1 unspecified atom stereocenters. The lowest BCUT2D eigenvalue weighted by Crippen LogP contribution is -2.23. The van der Waals surface area contributed by atoms with Crippen molar-refractivity contribution in [3.63, 3.8) is 0 Å². The standard InChI is InChI=1S/C14H17F3N4OS/c1-9-6-12(22-19-9)11-4-3-5-21(11)8-10-7-18-13(20(10)2)23-14(15,16)17/h6-7,11H,3-5,8H2,1-2H3. The van der Waals surface area contributed by atoms with Gasteiger partial charge in [-0.15, -0.1) is 0 Å². The van der Waals surface area contributed by atoms with Gasteiger partial charge in [-0.3, -0.25) is 4.90 Å². The molecule has 1 fully saturated rings. The molecular weight excluding hydrogens is 329 g/mol. The Balaban J connectivity index is 1.74. The summed E-state index contributed by atoms with van der Waals surface area (Å²) in [4.78, 5) is 6.08.